The van der Waals surface area contributed by atoms with Gasteiger partial charge < -0.3 is 18.9 Å². The van der Waals surface area contributed by atoms with E-state index in [9.17, 15) is 0 Å². The fourth-order valence-corrected chi connectivity index (χ4v) is 5.91. The highest BCUT2D eigenvalue weighted by Crippen LogP contribution is 2.53. The Balaban J connectivity index is 1.22. The first-order valence-corrected chi connectivity index (χ1v) is 12.6. The number of hydrogen-bond donors (Lipinski definition) is 0. The molecule has 0 unspecified atom stereocenters. The van der Waals surface area contributed by atoms with Gasteiger partial charge in [0.15, 0.2) is 23.0 Å². The Labute approximate surface area is 210 Å². The number of ether oxygens (including phenoxy) is 4. The predicted molar refractivity (Wildman–Crippen MR) is 136 cm³/mol. The second-order valence-electron chi connectivity index (χ2n) is 9.87. The zero-order valence-corrected chi connectivity index (χ0v) is 20.4. The quantitative estimate of drug-likeness (QED) is 0.523. The molecule has 0 aromatic heterocycles. The first-order valence-electron chi connectivity index (χ1n) is 12.6. The normalized spacial score (nSPS) is 21.5. The van der Waals surface area contributed by atoms with Crippen LogP contribution in [0.5, 0.6) is 23.0 Å². The molecule has 184 valence electrons. The van der Waals surface area contributed by atoms with Crippen molar-refractivity contribution in [2.75, 3.05) is 27.0 Å². The SMILES string of the molecule is COc1cccc2c1OC1(CCN(Cc3ccccc3)CC1)N1N=C(c3ccc4c(c3)OCO4)C[C@@H]21. The van der Waals surface area contributed by atoms with Crippen molar-refractivity contribution in [3.63, 3.8) is 0 Å². The minimum Gasteiger partial charge on any atom is -0.493 e. The molecule has 4 heterocycles. The lowest BCUT2D eigenvalue weighted by atomic mass is 9.90. The summed E-state index contributed by atoms with van der Waals surface area (Å²) in [5.41, 5.74) is 4.08. The summed E-state index contributed by atoms with van der Waals surface area (Å²) in [5, 5.41) is 7.46. The van der Waals surface area contributed by atoms with Crippen molar-refractivity contribution in [1.82, 2.24) is 9.91 Å². The summed E-state index contributed by atoms with van der Waals surface area (Å²) in [7, 11) is 1.71. The van der Waals surface area contributed by atoms with Crippen LogP contribution < -0.4 is 18.9 Å². The number of fused-ring (bicyclic) bond motifs is 5. The van der Waals surface area contributed by atoms with E-state index in [0.29, 0.717) is 0 Å². The van der Waals surface area contributed by atoms with Crippen LogP contribution in [-0.2, 0) is 6.54 Å². The van der Waals surface area contributed by atoms with Gasteiger partial charge in [-0.3, -0.25) is 4.90 Å². The minimum absolute atomic E-state index is 0.102. The smallest absolute Gasteiger partial charge is 0.231 e. The maximum Gasteiger partial charge on any atom is 0.231 e. The summed E-state index contributed by atoms with van der Waals surface area (Å²) in [6, 6.07) is 23.0. The van der Waals surface area contributed by atoms with Gasteiger partial charge >= 0.3 is 0 Å². The molecule has 1 saturated heterocycles. The van der Waals surface area contributed by atoms with Gasteiger partial charge in [0.05, 0.1) is 18.9 Å². The van der Waals surface area contributed by atoms with Crippen molar-refractivity contribution in [2.45, 2.75) is 37.6 Å². The standard InChI is InChI=1S/C29H29N3O4/c1-33-26-9-5-8-22-24-17-23(21-10-11-25-27(16-21)35-19-34-25)30-32(24)29(36-28(22)26)12-14-31(15-13-29)18-20-6-3-2-4-7-20/h2-11,16,24H,12-15,17-19H2,1H3/t24-/m0/s1. The fourth-order valence-electron chi connectivity index (χ4n) is 5.91. The Morgan fingerprint density at radius 1 is 0.972 bits per heavy atom. The van der Waals surface area contributed by atoms with Crippen molar-refractivity contribution in [2.24, 2.45) is 5.10 Å². The average molecular weight is 484 g/mol. The summed E-state index contributed by atoms with van der Waals surface area (Å²) in [6.45, 7) is 3.10. The molecule has 7 rings (SSSR count). The Kier molecular flexibility index (Phi) is 5.06. The van der Waals surface area contributed by atoms with E-state index in [2.05, 4.69) is 52.4 Å². The van der Waals surface area contributed by atoms with Crippen LogP contribution in [0.15, 0.2) is 71.8 Å². The number of benzene rings is 3. The molecule has 3 aromatic carbocycles. The van der Waals surface area contributed by atoms with Crippen molar-refractivity contribution in [3.05, 3.63) is 83.4 Å². The van der Waals surface area contributed by atoms with E-state index in [0.717, 1.165) is 78.7 Å². The molecule has 36 heavy (non-hydrogen) atoms. The summed E-state index contributed by atoms with van der Waals surface area (Å²) in [6.07, 6.45) is 2.54. The zero-order valence-electron chi connectivity index (χ0n) is 20.4. The largest absolute Gasteiger partial charge is 0.493 e. The number of likely N-dealkylation sites (tertiary alicyclic amines) is 1. The van der Waals surface area contributed by atoms with Crippen LogP contribution in [0.25, 0.3) is 0 Å². The van der Waals surface area contributed by atoms with Crippen LogP contribution in [0, 0.1) is 0 Å². The van der Waals surface area contributed by atoms with Crippen molar-refractivity contribution >= 4 is 5.71 Å². The number of hydrogen-bond acceptors (Lipinski definition) is 7. The highest BCUT2D eigenvalue weighted by Gasteiger charge is 2.52. The molecule has 0 amide bonds. The van der Waals surface area contributed by atoms with Gasteiger partial charge in [-0.25, -0.2) is 5.01 Å². The molecule has 1 fully saturated rings. The number of para-hydroxylation sites is 1. The minimum atomic E-state index is -0.502. The molecule has 7 nitrogen and oxygen atoms in total. The zero-order chi connectivity index (χ0) is 24.1. The molecule has 0 N–H and O–H groups in total. The number of methoxy groups -OCH3 is 1. The molecule has 0 saturated carbocycles. The first kappa shape index (κ1) is 21.6. The number of hydrazone groups is 1. The van der Waals surface area contributed by atoms with Crippen molar-refractivity contribution < 1.29 is 18.9 Å². The summed E-state index contributed by atoms with van der Waals surface area (Å²) < 4.78 is 23.8. The molecule has 4 aliphatic rings. The number of rotatable bonds is 4. The third-order valence-electron chi connectivity index (χ3n) is 7.80. The van der Waals surface area contributed by atoms with E-state index in [1.54, 1.807) is 7.11 Å². The van der Waals surface area contributed by atoms with Gasteiger partial charge in [0, 0.05) is 50.0 Å². The maximum atomic E-state index is 6.88. The third-order valence-corrected chi connectivity index (χ3v) is 7.80. The Morgan fingerprint density at radius 3 is 2.64 bits per heavy atom. The Hall–Kier alpha value is -3.71. The van der Waals surface area contributed by atoms with Crippen molar-refractivity contribution in [3.8, 4) is 23.0 Å². The van der Waals surface area contributed by atoms with Gasteiger partial charge in [-0.2, -0.15) is 5.10 Å². The highest BCUT2D eigenvalue weighted by atomic mass is 16.7. The highest BCUT2D eigenvalue weighted by molar-refractivity contribution is 6.02. The van der Waals surface area contributed by atoms with Gasteiger partial charge in [-0.1, -0.05) is 42.5 Å². The van der Waals surface area contributed by atoms with Gasteiger partial charge in [0.2, 0.25) is 12.5 Å². The molecule has 1 spiro atoms. The van der Waals surface area contributed by atoms with Gasteiger partial charge in [-0.05, 0) is 29.8 Å². The van der Waals surface area contributed by atoms with Crippen LogP contribution in [0.3, 0.4) is 0 Å². The lowest BCUT2D eigenvalue weighted by Crippen LogP contribution is -2.59. The summed E-state index contributed by atoms with van der Waals surface area (Å²) >= 11 is 0. The maximum absolute atomic E-state index is 6.88. The molecule has 3 aromatic rings. The summed E-state index contributed by atoms with van der Waals surface area (Å²) in [5.74, 6) is 3.22. The van der Waals surface area contributed by atoms with Crippen molar-refractivity contribution in [1.29, 1.82) is 0 Å². The second kappa shape index (κ2) is 8.45. The Bertz CT molecular complexity index is 1320. The molecule has 7 heteroatoms. The molecular formula is C29H29N3O4. The number of piperidine rings is 1. The number of nitrogens with zero attached hydrogens (tertiary/aromatic N) is 3. The predicted octanol–water partition coefficient (Wildman–Crippen LogP) is 4.96. The van der Waals surface area contributed by atoms with E-state index >= 15 is 0 Å². The van der Waals surface area contributed by atoms with E-state index in [1.807, 2.05) is 24.3 Å². The van der Waals surface area contributed by atoms with E-state index < -0.39 is 5.72 Å². The van der Waals surface area contributed by atoms with E-state index in [1.165, 1.54) is 5.56 Å². The third kappa shape index (κ3) is 3.49. The molecular weight excluding hydrogens is 454 g/mol. The van der Waals surface area contributed by atoms with Crippen LogP contribution >= 0.6 is 0 Å². The summed E-state index contributed by atoms with van der Waals surface area (Å²) in [4.78, 5) is 2.51. The van der Waals surface area contributed by atoms with E-state index in [-0.39, 0.29) is 12.8 Å². The van der Waals surface area contributed by atoms with Crippen LogP contribution in [0.1, 0.15) is 42.0 Å². The Morgan fingerprint density at radius 2 is 1.81 bits per heavy atom. The molecule has 1 atom stereocenters. The average Bonchev–Trinajstić information content (AvgIpc) is 3.58. The monoisotopic (exact) mass is 483 g/mol. The van der Waals surface area contributed by atoms with Gasteiger partial charge in [-0.15, -0.1) is 0 Å². The van der Waals surface area contributed by atoms with Gasteiger partial charge in [0.25, 0.3) is 0 Å². The molecule has 0 aliphatic carbocycles. The topological polar surface area (TPSA) is 55.8 Å². The lowest BCUT2D eigenvalue weighted by molar-refractivity contribution is -0.151. The van der Waals surface area contributed by atoms with Crippen LogP contribution in [0.2, 0.25) is 0 Å². The molecule has 0 bridgehead atoms. The first-order chi connectivity index (χ1) is 17.7. The molecule has 4 aliphatic heterocycles. The van der Waals surface area contributed by atoms with Gasteiger partial charge in [0.1, 0.15) is 0 Å². The fraction of sp³-hybridized carbons (Fsp3) is 0.345. The van der Waals surface area contributed by atoms with Crippen LogP contribution in [-0.4, -0.2) is 48.3 Å². The second-order valence-corrected chi connectivity index (χ2v) is 9.87. The molecule has 0 radical (unpaired) electrons. The van der Waals surface area contributed by atoms with Crippen LogP contribution in [0.4, 0.5) is 0 Å². The van der Waals surface area contributed by atoms with E-state index in [4.69, 9.17) is 24.0 Å². The lowest BCUT2D eigenvalue weighted by Gasteiger charge is -2.51.